The number of imidazole rings is 1. The predicted molar refractivity (Wildman–Crippen MR) is 105 cm³/mol. The van der Waals surface area contributed by atoms with Crippen LogP contribution < -0.4 is 5.56 Å². The van der Waals surface area contributed by atoms with Gasteiger partial charge in [0.1, 0.15) is 24.4 Å². The topological polar surface area (TPSA) is 146 Å². The number of H-pyrrole nitrogens is 1. The first kappa shape index (κ1) is 22.9. The number of ether oxygens (including phenoxy) is 2. The summed E-state index contributed by atoms with van der Waals surface area (Å²) in [6, 6.07) is 0. The average molecular weight is 464 g/mol. The van der Waals surface area contributed by atoms with Crippen molar-refractivity contribution in [3.63, 3.8) is 0 Å². The lowest BCUT2D eigenvalue weighted by Gasteiger charge is -2.19. The van der Waals surface area contributed by atoms with Crippen LogP contribution in [0.1, 0.15) is 33.4 Å². The Bertz CT molecular complexity index is 1020. The van der Waals surface area contributed by atoms with Crippen molar-refractivity contribution in [3.8, 4) is 0 Å². The number of aromatic nitrogens is 4. The molecule has 2 aromatic rings. The third-order valence-electron chi connectivity index (χ3n) is 4.26. The zero-order valence-corrected chi connectivity index (χ0v) is 18.2. The molecule has 3 heterocycles. The number of hydrogen-bond donors (Lipinski definition) is 2. The second kappa shape index (κ2) is 8.75. The molecular weight excluding hydrogens is 442 g/mol. The van der Waals surface area contributed by atoms with Gasteiger partial charge in [0, 0.05) is 17.8 Å². The second-order valence-corrected chi connectivity index (χ2v) is 11.5. The number of carbonyl (C=O) groups is 1. The fraction of sp³-hybridized carbons (Fsp3) is 0.625. The lowest BCUT2D eigenvalue weighted by molar-refractivity contribution is -0.150. The highest BCUT2D eigenvalue weighted by atomic mass is 32.7. The summed E-state index contributed by atoms with van der Waals surface area (Å²) in [6.07, 6.45) is -0.918. The smallest absolute Gasteiger partial charge is 0.389 e. The highest BCUT2D eigenvalue weighted by Crippen LogP contribution is 2.56. The maximum atomic E-state index is 14.4. The summed E-state index contributed by atoms with van der Waals surface area (Å²) in [5, 5.41) is 0. The van der Waals surface area contributed by atoms with Gasteiger partial charge in [-0.1, -0.05) is 0 Å². The van der Waals surface area contributed by atoms with Gasteiger partial charge in [-0.05, 0) is 20.8 Å². The van der Waals surface area contributed by atoms with Crippen LogP contribution in [0.5, 0.6) is 0 Å². The van der Waals surface area contributed by atoms with E-state index in [2.05, 4.69) is 15.0 Å². The molecule has 11 nitrogen and oxygen atoms in total. The van der Waals surface area contributed by atoms with E-state index >= 15 is 0 Å². The van der Waals surface area contributed by atoms with E-state index < -0.39 is 48.9 Å². The minimum Gasteiger partial charge on any atom is -0.454 e. The van der Waals surface area contributed by atoms with E-state index in [-0.39, 0.29) is 23.5 Å². The normalized spacial score (nSPS) is 24.1. The predicted octanol–water partition coefficient (Wildman–Crippen LogP) is 2.14. The number of fused-ring (bicyclic) bond motifs is 1. The Balaban J connectivity index is 1.55. The highest BCUT2D eigenvalue weighted by molar-refractivity contribution is 8.54. The largest absolute Gasteiger partial charge is 0.454 e. The van der Waals surface area contributed by atoms with Crippen molar-refractivity contribution in [2.45, 2.75) is 45.7 Å². The lowest BCUT2D eigenvalue weighted by atomic mass is 9.98. The molecule has 0 spiro atoms. The second-order valence-electron chi connectivity index (χ2n) is 7.63. The molecule has 0 amide bonds. The van der Waals surface area contributed by atoms with Gasteiger partial charge in [0.25, 0.3) is 5.56 Å². The van der Waals surface area contributed by atoms with E-state index in [0.29, 0.717) is 11.4 Å². The summed E-state index contributed by atoms with van der Waals surface area (Å²) >= 11 is 0.414. The van der Waals surface area contributed by atoms with Crippen molar-refractivity contribution in [1.29, 1.82) is 0 Å². The quantitative estimate of drug-likeness (QED) is 0.355. The minimum atomic E-state index is -4.19. The Kier molecular flexibility index (Phi) is 6.68. The van der Waals surface area contributed by atoms with Gasteiger partial charge in [0.15, 0.2) is 11.2 Å². The Hall–Kier alpha value is -1.79. The van der Waals surface area contributed by atoms with Gasteiger partial charge in [0.2, 0.25) is 0 Å². The number of halogens is 1. The molecule has 0 radical (unpaired) electrons. The number of nitrogens with zero attached hydrogens (tertiary/aromatic N) is 3. The summed E-state index contributed by atoms with van der Waals surface area (Å²) < 4.78 is 43.4. The zero-order chi connectivity index (χ0) is 22.1. The Labute approximate surface area is 174 Å². The number of alkyl halides is 1. The summed E-state index contributed by atoms with van der Waals surface area (Å²) in [4.78, 5) is 43.6. The van der Waals surface area contributed by atoms with Gasteiger partial charge in [-0.3, -0.25) is 18.7 Å². The molecule has 1 saturated heterocycles. The molecule has 4 unspecified atom stereocenters. The third-order valence-corrected chi connectivity index (χ3v) is 6.89. The minimum absolute atomic E-state index is 0.0694. The maximum Gasteiger partial charge on any atom is 0.389 e. The standard InChI is InChI=1S/C16H22FN4O7PS/c1-16(2,3)15(23)26-8-30-29(24,25)27-5-10-9(17)4-11(28-10)21-7-20-12-13(21)18-6-19-14(12)22/h6-7,9-11H,4-5,8H2,1-3H3,(H,24,25)(H,18,19,22). The summed E-state index contributed by atoms with van der Waals surface area (Å²) in [6.45, 7) is 0.287. The van der Waals surface area contributed by atoms with Gasteiger partial charge in [-0.25, -0.2) is 18.9 Å². The number of hydrogen-bond acceptors (Lipinski definition) is 9. The molecule has 1 aliphatic heterocycles. The zero-order valence-electron chi connectivity index (χ0n) is 16.5. The Morgan fingerprint density at radius 2 is 2.23 bits per heavy atom. The van der Waals surface area contributed by atoms with Gasteiger partial charge in [-0.15, -0.1) is 0 Å². The van der Waals surface area contributed by atoms with E-state index in [9.17, 15) is 23.4 Å². The Morgan fingerprint density at radius 1 is 1.50 bits per heavy atom. The van der Waals surface area contributed by atoms with Crippen molar-refractivity contribution in [1.82, 2.24) is 19.5 Å². The molecule has 30 heavy (non-hydrogen) atoms. The summed E-state index contributed by atoms with van der Waals surface area (Å²) in [5.41, 5.74) is -0.843. The molecule has 0 aliphatic carbocycles. The van der Waals surface area contributed by atoms with Crippen LogP contribution in [0.15, 0.2) is 17.4 Å². The van der Waals surface area contributed by atoms with Crippen LogP contribution in [-0.4, -0.2) is 55.2 Å². The maximum absolute atomic E-state index is 14.4. The van der Waals surface area contributed by atoms with Crippen molar-refractivity contribution < 1.29 is 32.6 Å². The number of nitrogens with one attached hydrogen (secondary N) is 1. The molecule has 166 valence electrons. The van der Waals surface area contributed by atoms with E-state index in [4.69, 9.17) is 14.0 Å². The van der Waals surface area contributed by atoms with E-state index in [1.807, 2.05) is 0 Å². The number of rotatable bonds is 7. The molecule has 3 rings (SSSR count). The van der Waals surface area contributed by atoms with Crippen LogP contribution in [0.3, 0.4) is 0 Å². The van der Waals surface area contributed by atoms with Crippen LogP contribution >= 0.6 is 18.2 Å². The SMILES string of the molecule is CC(C)(C)C(=O)OCSP(=O)(O)OCC1OC(n2cnc3c(=O)[nH]cnc32)CC1F. The molecule has 0 saturated carbocycles. The molecular formula is C16H22FN4O7PS. The third kappa shape index (κ3) is 5.27. The summed E-state index contributed by atoms with van der Waals surface area (Å²) in [7, 11) is 0. The Morgan fingerprint density at radius 3 is 2.93 bits per heavy atom. The first-order chi connectivity index (χ1) is 14.0. The molecule has 1 fully saturated rings. The van der Waals surface area contributed by atoms with Crippen LogP contribution in [0, 0.1) is 5.41 Å². The van der Waals surface area contributed by atoms with Crippen LogP contribution in [0.4, 0.5) is 4.39 Å². The van der Waals surface area contributed by atoms with Crippen LogP contribution in [0.2, 0.25) is 0 Å². The van der Waals surface area contributed by atoms with Crippen LogP contribution in [0.25, 0.3) is 11.2 Å². The van der Waals surface area contributed by atoms with Crippen molar-refractivity contribution in [2.24, 2.45) is 5.41 Å². The first-order valence-electron chi connectivity index (χ1n) is 8.97. The molecule has 14 heteroatoms. The number of esters is 1. The molecule has 1 aliphatic rings. The summed E-state index contributed by atoms with van der Waals surface area (Å²) in [5.74, 6) is -0.904. The van der Waals surface area contributed by atoms with Crippen LogP contribution in [-0.2, 0) is 23.4 Å². The van der Waals surface area contributed by atoms with E-state index in [1.54, 1.807) is 20.8 Å². The lowest BCUT2D eigenvalue weighted by Crippen LogP contribution is -2.23. The molecule has 4 atom stereocenters. The molecule has 2 N–H and O–H groups in total. The van der Waals surface area contributed by atoms with Gasteiger partial charge < -0.3 is 19.4 Å². The fourth-order valence-corrected chi connectivity index (χ4v) is 4.32. The first-order valence-corrected chi connectivity index (χ1v) is 12.1. The average Bonchev–Trinajstić information content (AvgIpc) is 3.23. The van der Waals surface area contributed by atoms with E-state index in [1.165, 1.54) is 17.2 Å². The van der Waals surface area contributed by atoms with Gasteiger partial charge in [-0.2, -0.15) is 0 Å². The molecule has 2 aromatic heterocycles. The fourth-order valence-electron chi connectivity index (χ4n) is 2.65. The monoisotopic (exact) mass is 464 g/mol. The number of carbonyl (C=O) groups excluding carboxylic acids is 1. The molecule has 0 aromatic carbocycles. The number of aromatic amines is 1. The highest BCUT2D eigenvalue weighted by Gasteiger charge is 2.39. The molecule has 0 bridgehead atoms. The van der Waals surface area contributed by atoms with Crippen molar-refractivity contribution in [3.05, 3.63) is 23.0 Å². The van der Waals surface area contributed by atoms with Gasteiger partial charge in [0.05, 0.1) is 24.7 Å². The van der Waals surface area contributed by atoms with Gasteiger partial charge >= 0.3 is 12.8 Å². The van der Waals surface area contributed by atoms with Crippen molar-refractivity contribution in [2.75, 3.05) is 12.5 Å². The van der Waals surface area contributed by atoms with E-state index in [0.717, 1.165) is 0 Å². The van der Waals surface area contributed by atoms with Crippen molar-refractivity contribution >= 4 is 35.3 Å².